The molecule has 1 aliphatic rings. The number of aromatic nitrogens is 1. The van der Waals surface area contributed by atoms with Gasteiger partial charge in [-0.15, -0.1) is 11.3 Å². The quantitative estimate of drug-likeness (QED) is 0.582. The van der Waals surface area contributed by atoms with E-state index in [4.69, 9.17) is 0 Å². The first-order chi connectivity index (χ1) is 4.47. The Labute approximate surface area is 56.4 Å². The molecule has 1 aliphatic heterocycles. The average Bonchev–Trinajstić information content (AvgIpc) is 2.33. The van der Waals surface area contributed by atoms with Crippen LogP contribution in [0.25, 0.3) is 6.08 Å². The van der Waals surface area contributed by atoms with Crippen molar-refractivity contribution in [3.63, 3.8) is 0 Å². The number of hydrogen-bond donors (Lipinski definition) is 1. The lowest BCUT2D eigenvalue weighted by atomic mass is 10.4. The van der Waals surface area contributed by atoms with Crippen LogP contribution in [0.4, 0.5) is 5.82 Å². The summed E-state index contributed by atoms with van der Waals surface area (Å²) in [4.78, 5) is 5.16. The minimum absolute atomic E-state index is 0.863. The summed E-state index contributed by atoms with van der Waals surface area (Å²) >= 11 is 1.60. The van der Waals surface area contributed by atoms with Crippen molar-refractivity contribution in [3.05, 3.63) is 16.6 Å². The fourth-order valence-corrected chi connectivity index (χ4v) is 1.28. The summed E-state index contributed by atoms with van der Waals surface area (Å²) in [6.45, 7) is 0. The van der Waals surface area contributed by atoms with Gasteiger partial charge in [0.05, 0.1) is 10.4 Å². The fourth-order valence-electron chi connectivity index (χ4n) is 0.661. The SMILES string of the molecule is C1=Cc2scnc2N[N]1. The van der Waals surface area contributed by atoms with Gasteiger partial charge in [-0.05, 0) is 6.08 Å². The van der Waals surface area contributed by atoms with Crippen LogP contribution in [-0.4, -0.2) is 4.98 Å². The number of thiazole rings is 1. The van der Waals surface area contributed by atoms with Crippen LogP contribution in [0.3, 0.4) is 0 Å². The number of hydrogen-bond acceptors (Lipinski definition) is 3. The normalized spacial score (nSPS) is 13.8. The number of nitrogens with one attached hydrogen (secondary N) is 1. The highest BCUT2D eigenvalue weighted by Gasteiger charge is 2.04. The molecule has 0 aromatic carbocycles. The maximum absolute atomic E-state index is 4.02. The molecular weight excluding hydrogens is 134 g/mol. The molecule has 0 amide bonds. The first-order valence-corrected chi connectivity index (χ1v) is 3.41. The third kappa shape index (κ3) is 0.675. The van der Waals surface area contributed by atoms with Gasteiger partial charge >= 0.3 is 0 Å². The van der Waals surface area contributed by atoms with Gasteiger partial charge in [0.2, 0.25) is 0 Å². The van der Waals surface area contributed by atoms with Crippen molar-refractivity contribution in [2.45, 2.75) is 0 Å². The molecule has 0 fully saturated rings. The molecular formula is C5H4N3S. The fraction of sp³-hybridized carbons (Fsp3) is 0. The Balaban J connectivity index is 2.53. The van der Waals surface area contributed by atoms with Gasteiger partial charge in [-0.1, -0.05) is 0 Å². The van der Waals surface area contributed by atoms with E-state index in [1.165, 1.54) is 0 Å². The summed E-state index contributed by atoms with van der Waals surface area (Å²) in [5, 5.41) is 0. The molecule has 2 heterocycles. The Hall–Kier alpha value is -1.03. The predicted octanol–water partition coefficient (Wildman–Crippen LogP) is 1.06. The topological polar surface area (TPSA) is 39.0 Å². The van der Waals surface area contributed by atoms with Crippen LogP contribution in [0.15, 0.2) is 11.7 Å². The van der Waals surface area contributed by atoms with Gasteiger partial charge in [0.1, 0.15) is 0 Å². The van der Waals surface area contributed by atoms with Crippen molar-refractivity contribution in [2.75, 3.05) is 5.43 Å². The Morgan fingerprint density at radius 3 is 3.44 bits per heavy atom. The molecule has 2 rings (SSSR count). The van der Waals surface area contributed by atoms with E-state index in [1.807, 2.05) is 6.08 Å². The van der Waals surface area contributed by atoms with E-state index in [-0.39, 0.29) is 0 Å². The number of rotatable bonds is 0. The van der Waals surface area contributed by atoms with Gasteiger partial charge in [-0.3, -0.25) is 5.43 Å². The van der Waals surface area contributed by atoms with E-state index in [0.29, 0.717) is 0 Å². The van der Waals surface area contributed by atoms with Crippen molar-refractivity contribution in [3.8, 4) is 0 Å². The molecule has 0 saturated carbocycles. The van der Waals surface area contributed by atoms with E-state index in [9.17, 15) is 0 Å². The summed E-state index contributed by atoms with van der Waals surface area (Å²) in [6.07, 6.45) is 3.66. The Kier molecular flexibility index (Phi) is 0.927. The van der Waals surface area contributed by atoms with Crippen LogP contribution in [0, 0.1) is 0 Å². The molecule has 0 unspecified atom stereocenters. The number of fused-ring (bicyclic) bond motifs is 1. The van der Waals surface area contributed by atoms with Crippen molar-refractivity contribution < 1.29 is 0 Å². The highest BCUT2D eigenvalue weighted by Crippen LogP contribution is 2.21. The third-order valence-corrected chi connectivity index (χ3v) is 1.86. The lowest BCUT2D eigenvalue weighted by Gasteiger charge is -2.03. The summed E-state index contributed by atoms with van der Waals surface area (Å²) in [5.41, 5.74) is 8.38. The van der Waals surface area contributed by atoms with Crippen LogP contribution in [0.1, 0.15) is 4.88 Å². The van der Waals surface area contributed by atoms with Crippen LogP contribution < -0.4 is 10.9 Å². The molecule has 0 bridgehead atoms. The molecule has 45 valence electrons. The largest absolute Gasteiger partial charge is 0.260 e. The average molecular weight is 138 g/mol. The van der Waals surface area contributed by atoms with Gasteiger partial charge < -0.3 is 0 Å². The molecule has 0 saturated heterocycles. The van der Waals surface area contributed by atoms with E-state index in [1.54, 1.807) is 23.0 Å². The van der Waals surface area contributed by atoms with Crippen molar-refractivity contribution in [1.29, 1.82) is 0 Å². The van der Waals surface area contributed by atoms with Crippen molar-refractivity contribution in [2.24, 2.45) is 0 Å². The van der Waals surface area contributed by atoms with Crippen molar-refractivity contribution >= 4 is 23.2 Å². The summed E-state index contributed by atoms with van der Waals surface area (Å²) < 4.78 is 0. The minimum Gasteiger partial charge on any atom is -0.260 e. The molecule has 4 heteroatoms. The molecule has 1 aromatic heterocycles. The molecule has 3 nitrogen and oxygen atoms in total. The predicted molar refractivity (Wildman–Crippen MR) is 36.9 cm³/mol. The van der Waals surface area contributed by atoms with Gasteiger partial charge in [0.25, 0.3) is 0 Å². The van der Waals surface area contributed by atoms with Crippen LogP contribution in [-0.2, 0) is 0 Å². The van der Waals surface area contributed by atoms with Gasteiger partial charge in [-0.25, -0.2) is 4.98 Å². The molecule has 0 atom stereocenters. The second kappa shape index (κ2) is 1.73. The second-order valence-electron chi connectivity index (χ2n) is 1.62. The first-order valence-electron chi connectivity index (χ1n) is 2.53. The molecule has 1 N–H and O–H groups in total. The van der Waals surface area contributed by atoms with Crippen LogP contribution in [0.2, 0.25) is 0 Å². The number of anilines is 1. The van der Waals surface area contributed by atoms with Crippen molar-refractivity contribution in [1.82, 2.24) is 10.4 Å². The molecule has 1 radical (unpaired) electrons. The summed E-state index contributed by atoms with van der Waals surface area (Å²) in [6, 6.07) is 0. The summed E-state index contributed by atoms with van der Waals surface area (Å²) in [7, 11) is 0. The Bertz CT molecular complexity index is 240. The zero-order valence-corrected chi connectivity index (χ0v) is 5.35. The standard InChI is InChI=1S/C5H4N3S/c1-2-7-8-5-4(1)9-3-6-5/h1-3,8H. The lowest BCUT2D eigenvalue weighted by molar-refractivity contribution is 1.01. The molecule has 9 heavy (non-hydrogen) atoms. The number of nitrogens with zero attached hydrogens (tertiary/aromatic N) is 2. The highest BCUT2D eigenvalue weighted by atomic mass is 32.1. The van der Waals surface area contributed by atoms with E-state index in [0.717, 1.165) is 10.7 Å². The second-order valence-corrected chi connectivity index (χ2v) is 2.51. The van der Waals surface area contributed by atoms with Crippen LogP contribution >= 0.6 is 11.3 Å². The smallest absolute Gasteiger partial charge is 0.164 e. The maximum Gasteiger partial charge on any atom is 0.164 e. The lowest BCUT2D eigenvalue weighted by Crippen LogP contribution is -2.09. The maximum atomic E-state index is 4.02. The monoisotopic (exact) mass is 138 g/mol. The molecule has 0 aliphatic carbocycles. The molecule has 0 spiro atoms. The molecule has 1 aromatic rings. The Morgan fingerprint density at radius 2 is 2.56 bits per heavy atom. The summed E-state index contributed by atoms with van der Waals surface area (Å²) in [5.74, 6) is 0.863. The van der Waals surface area contributed by atoms with Gasteiger partial charge in [0.15, 0.2) is 5.82 Å². The van der Waals surface area contributed by atoms with E-state index < -0.39 is 0 Å². The third-order valence-electron chi connectivity index (χ3n) is 1.07. The highest BCUT2D eigenvalue weighted by molar-refractivity contribution is 7.11. The Morgan fingerprint density at radius 1 is 1.56 bits per heavy atom. The van der Waals surface area contributed by atoms with Gasteiger partial charge in [-0.2, -0.15) is 5.43 Å². The van der Waals surface area contributed by atoms with E-state index in [2.05, 4.69) is 15.8 Å². The van der Waals surface area contributed by atoms with Crippen LogP contribution in [0.5, 0.6) is 0 Å². The van der Waals surface area contributed by atoms with Gasteiger partial charge in [0, 0.05) is 6.20 Å². The minimum atomic E-state index is 0.863. The zero-order valence-electron chi connectivity index (χ0n) is 4.53. The van der Waals surface area contributed by atoms with E-state index >= 15 is 0 Å². The first kappa shape index (κ1) is 4.81. The zero-order chi connectivity index (χ0) is 6.10.